The number of nitrogens with zero attached hydrogens (tertiary/aromatic N) is 3. The van der Waals surface area contributed by atoms with Crippen molar-refractivity contribution in [2.75, 3.05) is 24.5 Å². The van der Waals surface area contributed by atoms with Gasteiger partial charge in [-0.25, -0.2) is 9.97 Å². The molecule has 1 fully saturated rings. The van der Waals surface area contributed by atoms with Crippen LogP contribution in [0, 0.1) is 12.8 Å². The standard InChI is InChI=1S/C15H24N4O/c1-3-4-8-16-14(20)13-6-5-10-19(11-13)15-17-9-7-12(2)18-15/h7,9,13H,3-6,8,10-11H2,1-2H3,(H,16,20). The average molecular weight is 276 g/mol. The van der Waals surface area contributed by atoms with Crippen LogP contribution in [0.5, 0.6) is 0 Å². The van der Waals surface area contributed by atoms with Gasteiger partial charge in [-0.2, -0.15) is 0 Å². The van der Waals surface area contributed by atoms with Crippen molar-refractivity contribution in [2.24, 2.45) is 5.92 Å². The minimum absolute atomic E-state index is 0.0599. The molecule has 2 heterocycles. The van der Waals surface area contributed by atoms with E-state index in [1.807, 2.05) is 13.0 Å². The molecular weight excluding hydrogens is 252 g/mol. The van der Waals surface area contributed by atoms with Crippen LogP contribution in [-0.2, 0) is 4.79 Å². The van der Waals surface area contributed by atoms with E-state index in [-0.39, 0.29) is 11.8 Å². The summed E-state index contributed by atoms with van der Waals surface area (Å²) < 4.78 is 0. The Balaban J connectivity index is 1.93. The zero-order valence-electron chi connectivity index (χ0n) is 12.4. The Kier molecular flexibility index (Phi) is 5.32. The van der Waals surface area contributed by atoms with Crippen molar-refractivity contribution < 1.29 is 4.79 Å². The summed E-state index contributed by atoms with van der Waals surface area (Å²) in [6, 6.07) is 1.89. The molecular formula is C15H24N4O. The van der Waals surface area contributed by atoms with E-state index in [4.69, 9.17) is 0 Å². The minimum atomic E-state index is 0.0599. The summed E-state index contributed by atoms with van der Waals surface area (Å²) in [4.78, 5) is 23.0. The molecule has 0 spiro atoms. The maximum absolute atomic E-state index is 12.1. The van der Waals surface area contributed by atoms with Crippen molar-refractivity contribution in [2.45, 2.75) is 39.5 Å². The fourth-order valence-corrected chi connectivity index (χ4v) is 2.49. The van der Waals surface area contributed by atoms with Crippen molar-refractivity contribution in [3.05, 3.63) is 18.0 Å². The molecule has 110 valence electrons. The van der Waals surface area contributed by atoms with Crippen LogP contribution in [0.25, 0.3) is 0 Å². The number of rotatable bonds is 5. The smallest absolute Gasteiger partial charge is 0.225 e. The van der Waals surface area contributed by atoms with E-state index in [9.17, 15) is 4.79 Å². The highest BCUT2D eigenvalue weighted by Gasteiger charge is 2.26. The Bertz CT molecular complexity index is 449. The molecule has 1 aromatic heterocycles. The summed E-state index contributed by atoms with van der Waals surface area (Å²) in [5.41, 5.74) is 0.963. The lowest BCUT2D eigenvalue weighted by molar-refractivity contribution is -0.125. The zero-order valence-corrected chi connectivity index (χ0v) is 12.4. The third kappa shape index (κ3) is 3.92. The zero-order chi connectivity index (χ0) is 14.4. The molecule has 0 saturated carbocycles. The first-order chi connectivity index (χ1) is 9.70. The molecule has 0 radical (unpaired) electrons. The third-order valence-corrected chi connectivity index (χ3v) is 3.69. The van der Waals surface area contributed by atoms with Gasteiger partial charge in [0.25, 0.3) is 0 Å². The van der Waals surface area contributed by atoms with Crippen LogP contribution in [0.4, 0.5) is 5.95 Å². The SMILES string of the molecule is CCCCNC(=O)C1CCCN(c2nccc(C)n2)C1. The number of hydrogen-bond donors (Lipinski definition) is 1. The lowest BCUT2D eigenvalue weighted by Crippen LogP contribution is -2.43. The normalized spacial score (nSPS) is 18.9. The van der Waals surface area contributed by atoms with Crippen molar-refractivity contribution in [3.8, 4) is 0 Å². The molecule has 0 aliphatic carbocycles. The van der Waals surface area contributed by atoms with E-state index in [2.05, 4.69) is 27.1 Å². The van der Waals surface area contributed by atoms with Gasteiger partial charge < -0.3 is 10.2 Å². The summed E-state index contributed by atoms with van der Waals surface area (Å²) in [7, 11) is 0. The summed E-state index contributed by atoms with van der Waals surface area (Å²) in [6.07, 6.45) is 5.91. The minimum Gasteiger partial charge on any atom is -0.356 e. The van der Waals surface area contributed by atoms with E-state index in [0.29, 0.717) is 0 Å². The average Bonchev–Trinajstić information content (AvgIpc) is 2.47. The van der Waals surface area contributed by atoms with Gasteiger partial charge in [0.2, 0.25) is 11.9 Å². The Morgan fingerprint density at radius 1 is 1.55 bits per heavy atom. The third-order valence-electron chi connectivity index (χ3n) is 3.69. The van der Waals surface area contributed by atoms with Gasteiger partial charge in [0.05, 0.1) is 5.92 Å². The lowest BCUT2D eigenvalue weighted by atomic mass is 9.97. The molecule has 2 rings (SSSR count). The summed E-state index contributed by atoms with van der Waals surface area (Å²) in [5.74, 6) is 0.983. The fraction of sp³-hybridized carbons (Fsp3) is 0.667. The molecule has 1 atom stereocenters. The van der Waals surface area contributed by atoms with Crippen LogP contribution < -0.4 is 10.2 Å². The first kappa shape index (κ1) is 14.8. The van der Waals surface area contributed by atoms with Crippen LogP contribution in [0.2, 0.25) is 0 Å². The molecule has 0 bridgehead atoms. The number of anilines is 1. The lowest BCUT2D eigenvalue weighted by Gasteiger charge is -2.32. The second kappa shape index (κ2) is 7.22. The van der Waals surface area contributed by atoms with Crippen LogP contribution in [0.15, 0.2) is 12.3 Å². The second-order valence-corrected chi connectivity index (χ2v) is 5.43. The monoisotopic (exact) mass is 276 g/mol. The predicted octanol–water partition coefficient (Wildman–Crippen LogP) is 1.92. The Hall–Kier alpha value is -1.65. The molecule has 20 heavy (non-hydrogen) atoms. The second-order valence-electron chi connectivity index (χ2n) is 5.43. The number of hydrogen-bond acceptors (Lipinski definition) is 4. The van der Waals surface area contributed by atoms with Crippen LogP contribution >= 0.6 is 0 Å². The van der Waals surface area contributed by atoms with Gasteiger partial charge in [-0.15, -0.1) is 0 Å². The molecule has 1 amide bonds. The first-order valence-electron chi connectivity index (χ1n) is 7.53. The van der Waals surface area contributed by atoms with Gasteiger partial charge in [0.1, 0.15) is 0 Å². The number of unbranched alkanes of at least 4 members (excludes halogenated alkanes) is 1. The van der Waals surface area contributed by atoms with Gasteiger partial charge in [-0.1, -0.05) is 13.3 Å². The van der Waals surface area contributed by atoms with Crippen LogP contribution in [0.3, 0.4) is 0 Å². The van der Waals surface area contributed by atoms with Gasteiger partial charge in [-0.05, 0) is 32.3 Å². The number of nitrogens with one attached hydrogen (secondary N) is 1. The first-order valence-corrected chi connectivity index (χ1v) is 7.53. The molecule has 5 heteroatoms. The van der Waals surface area contributed by atoms with E-state index >= 15 is 0 Å². The summed E-state index contributed by atoms with van der Waals surface area (Å²) >= 11 is 0. The molecule has 1 N–H and O–H groups in total. The number of aromatic nitrogens is 2. The summed E-state index contributed by atoms with van der Waals surface area (Å²) in [5, 5.41) is 3.03. The Morgan fingerprint density at radius 2 is 2.40 bits per heavy atom. The van der Waals surface area contributed by atoms with Crippen molar-refractivity contribution >= 4 is 11.9 Å². The van der Waals surface area contributed by atoms with Crippen molar-refractivity contribution in [1.82, 2.24) is 15.3 Å². The number of aryl methyl sites for hydroxylation is 1. The van der Waals surface area contributed by atoms with Gasteiger partial charge in [0.15, 0.2) is 0 Å². The van der Waals surface area contributed by atoms with Gasteiger partial charge >= 0.3 is 0 Å². The molecule has 1 aliphatic heterocycles. The predicted molar refractivity (Wildman–Crippen MR) is 79.6 cm³/mol. The summed E-state index contributed by atoms with van der Waals surface area (Å²) in [6.45, 7) is 6.53. The molecule has 0 aromatic carbocycles. The number of carbonyl (C=O) groups is 1. The quantitative estimate of drug-likeness (QED) is 0.835. The van der Waals surface area contributed by atoms with Crippen molar-refractivity contribution in [1.29, 1.82) is 0 Å². The number of amides is 1. The number of carbonyl (C=O) groups excluding carboxylic acids is 1. The van der Waals surface area contributed by atoms with E-state index < -0.39 is 0 Å². The fourth-order valence-electron chi connectivity index (χ4n) is 2.49. The topological polar surface area (TPSA) is 58.1 Å². The molecule has 1 aromatic rings. The molecule has 5 nitrogen and oxygen atoms in total. The maximum Gasteiger partial charge on any atom is 0.225 e. The largest absolute Gasteiger partial charge is 0.356 e. The van der Waals surface area contributed by atoms with E-state index in [0.717, 1.165) is 57.0 Å². The van der Waals surface area contributed by atoms with Gasteiger partial charge in [0, 0.05) is 31.5 Å². The molecule has 1 saturated heterocycles. The van der Waals surface area contributed by atoms with Crippen LogP contribution in [0.1, 0.15) is 38.3 Å². The highest BCUT2D eigenvalue weighted by molar-refractivity contribution is 5.79. The van der Waals surface area contributed by atoms with Crippen molar-refractivity contribution in [3.63, 3.8) is 0 Å². The highest BCUT2D eigenvalue weighted by Crippen LogP contribution is 2.20. The van der Waals surface area contributed by atoms with Gasteiger partial charge in [-0.3, -0.25) is 4.79 Å². The van der Waals surface area contributed by atoms with Crippen LogP contribution in [-0.4, -0.2) is 35.5 Å². The molecule has 1 aliphatic rings. The molecule has 1 unspecified atom stereocenters. The Labute approximate surface area is 120 Å². The Morgan fingerprint density at radius 3 is 3.15 bits per heavy atom. The highest BCUT2D eigenvalue weighted by atomic mass is 16.1. The van der Waals surface area contributed by atoms with E-state index in [1.165, 1.54) is 0 Å². The maximum atomic E-state index is 12.1. The number of piperidine rings is 1. The van der Waals surface area contributed by atoms with E-state index in [1.54, 1.807) is 6.20 Å².